The van der Waals surface area contributed by atoms with E-state index in [9.17, 15) is 0 Å². The second kappa shape index (κ2) is 6.91. The van der Waals surface area contributed by atoms with Gasteiger partial charge in [-0.05, 0) is 52.8 Å². The van der Waals surface area contributed by atoms with Crippen molar-refractivity contribution >= 4 is 39.3 Å². The third-order valence-electron chi connectivity index (χ3n) is 3.54. The molecule has 0 aliphatic carbocycles. The van der Waals surface area contributed by atoms with Gasteiger partial charge in [0.05, 0.1) is 0 Å². The summed E-state index contributed by atoms with van der Waals surface area (Å²) in [6, 6.07) is 22.9. The normalized spacial score (nSPS) is 10.7. The highest BCUT2D eigenvalue weighted by atomic mass is 79.9. The van der Waals surface area contributed by atoms with E-state index in [1.54, 1.807) is 11.8 Å². The summed E-state index contributed by atoms with van der Waals surface area (Å²) in [5.74, 6) is 0. The number of benzene rings is 3. The summed E-state index contributed by atoms with van der Waals surface area (Å²) < 4.78 is 1.12. The van der Waals surface area contributed by atoms with Gasteiger partial charge in [0.1, 0.15) is 0 Å². The van der Waals surface area contributed by atoms with Gasteiger partial charge in [0, 0.05) is 14.4 Å². The number of rotatable bonds is 3. The van der Waals surface area contributed by atoms with Crippen molar-refractivity contribution in [2.75, 3.05) is 6.26 Å². The highest BCUT2D eigenvalue weighted by molar-refractivity contribution is 9.10. The summed E-state index contributed by atoms with van der Waals surface area (Å²) in [6.45, 7) is 0. The highest BCUT2D eigenvalue weighted by Gasteiger charge is 2.09. The zero-order chi connectivity index (χ0) is 15.5. The van der Waals surface area contributed by atoms with Crippen molar-refractivity contribution < 1.29 is 0 Å². The van der Waals surface area contributed by atoms with Gasteiger partial charge in [-0.3, -0.25) is 0 Å². The maximum absolute atomic E-state index is 5.97. The van der Waals surface area contributed by atoms with Crippen molar-refractivity contribution in [3.63, 3.8) is 0 Å². The molecule has 3 heteroatoms. The van der Waals surface area contributed by atoms with Gasteiger partial charge >= 0.3 is 0 Å². The fraction of sp³-hybridized carbons (Fsp3) is 0.0526. The van der Waals surface area contributed by atoms with E-state index in [4.69, 9.17) is 11.6 Å². The first-order valence-corrected chi connectivity index (χ1v) is 9.27. The predicted octanol–water partition coefficient (Wildman–Crippen LogP) is 7.16. The minimum atomic E-state index is 0.763. The van der Waals surface area contributed by atoms with Crippen LogP contribution in [0.5, 0.6) is 0 Å². The van der Waals surface area contributed by atoms with Crippen LogP contribution in [0.4, 0.5) is 0 Å². The molecule has 3 aromatic rings. The van der Waals surface area contributed by atoms with E-state index < -0.39 is 0 Å². The van der Waals surface area contributed by atoms with Crippen LogP contribution in [0.3, 0.4) is 0 Å². The molecule has 0 fully saturated rings. The molecule has 0 amide bonds. The molecule has 0 spiro atoms. The van der Waals surface area contributed by atoms with Crippen molar-refractivity contribution in [2.24, 2.45) is 0 Å². The van der Waals surface area contributed by atoms with E-state index in [2.05, 4.69) is 70.7 Å². The molecule has 0 bridgehead atoms. The van der Waals surface area contributed by atoms with Crippen molar-refractivity contribution in [1.29, 1.82) is 0 Å². The largest absolute Gasteiger partial charge is 0.129 e. The summed E-state index contributed by atoms with van der Waals surface area (Å²) in [7, 11) is 0. The Bertz CT molecular complexity index is 797. The van der Waals surface area contributed by atoms with Crippen molar-refractivity contribution in [2.45, 2.75) is 4.90 Å². The van der Waals surface area contributed by atoms with Crippen molar-refractivity contribution in [3.8, 4) is 22.3 Å². The standard InChI is InChI=1S/C19H14BrClS/c1-22-19-12-14(13-6-9-15(21)10-7-13)8-11-17(19)16-4-2-3-5-18(16)20/h2-12H,1H3. The van der Waals surface area contributed by atoms with Crippen LogP contribution >= 0.6 is 39.3 Å². The summed E-state index contributed by atoms with van der Waals surface area (Å²) in [5, 5.41) is 0.763. The Morgan fingerprint density at radius 1 is 0.818 bits per heavy atom. The molecule has 0 nitrogen and oxygen atoms in total. The average molecular weight is 390 g/mol. The van der Waals surface area contributed by atoms with Crippen LogP contribution in [0.1, 0.15) is 0 Å². The van der Waals surface area contributed by atoms with Gasteiger partial charge in [-0.1, -0.05) is 70.0 Å². The van der Waals surface area contributed by atoms with Crippen LogP contribution in [0.25, 0.3) is 22.3 Å². The zero-order valence-electron chi connectivity index (χ0n) is 12.0. The van der Waals surface area contributed by atoms with Crippen LogP contribution < -0.4 is 0 Å². The van der Waals surface area contributed by atoms with E-state index >= 15 is 0 Å². The number of halogens is 2. The van der Waals surface area contributed by atoms with Gasteiger partial charge in [0.2, 0.25) is 0 Å². The molecule has 0 heterocycles. The Morgan fingerprint density at radius 3 is 2.18 bits per heavy atom. The van der Waals surface area contributed by atoms with E-state index in [0.717, 1.165) is 9.50 Å². The van der Waals surface area contributed by atoms with Gasteiger partial charge in [-0.15, -0.1) is 11.8 Å². The third kappa shape index (κ3) is 3.24. The molecule has 22 heavy (non-hydrogen) atoms. The number of hydrogen-bond donors (Lipinski definition) is 0. The third-order valence-corrected chi connectivity index (χ3v) is 5.26. The Hall–Kier alpha value is -1.22. The molecule has 0 atom stereocenters. The van der Waals surface area contributed by atoms with Crippen LogP contribution in [-0.2, 0) is 0 Å². The summed E-state index contributed by atoms with van der Waals surface area (Å²) >= 11 is 11.4. The SMILES string of the molecule is CSc1cc(-c2ccc(Cl)cc2)ccc1-c1ccccc1Br. The first-order chi connectivity index (χ1) is 10.7. The van der Waals surface area contributed by atoms with Crippen LogP contribution in [0, 0.1) is 0 Å². The topological polar surface area (TPSA) is 0 Å². The zero-order valence-corrected chi connectivity index (χ0v) is 15.2. The van der Waals surface area contributed by atoms with E-state index in [1.165, 1.54) is 27.1 Å². The molecule has 3 aromatic carbocycles. The molecule has 0 saturated carbocycles. The molecule has 0 aliphatic heterocycles. The van der Waals surface area contributed by atoms with Gasteiger partial charge in [0.15, 0.2) is 0 Å². The maximum atomic E-state index is 5.97. The van der Waals surface area contributed by atoms with Gasteiger partial charge in [0.25, 0.3) is 0 Å². The lowest BCUT2D eigenvalue weighted by Gasteiger charge is -2.12. The van der Waals surface area contributed by atoms with Gasteiger partial charge in [-0.2, -0.15) is 0 Å². The summed E-state index contributed by atoms with van der Waals surface area (Å²) in [6.07, 6.45) is 2.11. The second-order valence-corrected chi connectivity index (χ2v) is 7.04. The predicted molar refractivity (Wildman–Crippen MR) is 102 cm³/mol. The molecule has 110 valence electrons. The summed E-state index contributed by atoms with van der Waals surface area (Å²) in [4.78, 5) is 1.26. The molecule has 0 aliphatic rings. The van der Waals surface area contributed by atoms with Crippen LogP contribution in [-0.4, -0.2) is 6.26 Å². The van der Waals surface area contributed by atoms with Gasteiger partial charge < -0.3 is 0 Å². The molecule has 0 aromatic heterocycles. The minimum absolute atomic E-state index is 0.763. The van der Waals surface area contributed by atoms with E-state index in [0.29, 0.717) is 0 Å². The first-order valence-electron chi connectivity index (χ1n) is 6.88. The van der Waals surface area contributed by atoms with Gasteiger partial charge in [-0.25, -0.2) is 0 Å². The van der Waals surface area contributed by atoms with Crippen LogP contribution in [0.15, 0.2) is 76.1 Å². The van der Waals surface area contributed by atoms with E-state index in [1.807, 2.05) is 18.2 Å². The molecular formula is C19H14BrClS. The lowest BCUT2D eigenvalue weighted by molar-refractivity contribution is 1.43. The quantitative estimate of drug-likeness (QED) is 0.428. The Kier molecular flexibility index (Phi) is 4.92. The number of thioether (sulfide) groups is 1. The average Bonchev–Trinajstić information content (AvgIpc) is 2.55. The Morgan fingerprint density at radius 2 is 1.50 bits per heavy atom. The van der Waals surface area contributed by atoms with E-state index in [-0.39, 0.29) is 0 Å². The first kappa shape index (κ1) is 15.7. The number of hydrogen-bond acceptors (Lipinski definition) is 1. The van der Waals surface area contributed by atoms with Crippen LogP contribution in [0.2, 0.25) is 5.02 Å². The van der Waals surface area contributed by atoms with Crippen molar-refractivity contribution in [3.05, 3.63) is 76.2 Å². The summed E-state index contributed by atoms with van der Waals surface area (Å²) in [5.41, 5.74) is 4.85. The molecule has 0 radical (unpaired) electrons. The monoisotopic (exact) mass is 388 g/mol. The fourth-order valence-electron chi connectivity index (χ4n) is 2.42. The molecular weight excluding hydrogens is 376 g/mol. The minimum Gasteiger partial charge on any atom is -0.129 e. The fourth-order valence-corrected chi connectivity index (χ4v) is 3.68. The molecule has 0 unspecified atom stereocenters. The molecule has 0 N–H and O–H groups in total. The Labute approximate surface area is 148 Å². The molecule has 3 rings (SSSR count). The Balaban J connectivity index is 2.08. The lowest BCUT2D eigenvalue weighted by Crippen LogP contribution is -1.86. The second-order valence-electron chi connectivity index (χ2n) is 4.90. The van der Waals surface area contributed by atoms with Crippen molar-refractivity contribution in [1.82, 2.24) is 0 Å². The highest BCUT2D eigenvalue weighted by Crippen LogP contribution is 2.37. The smallest absolute Gasteiger partial charge is 0.0406 e. The lowest BCUT2D eigenvalue weighted by atomic mass is 10.0. The maximum Gasteiger partial charge on any atom is 0.0406 e. The molecule has 0 saturated heterocycles.